The summed E-state index contributed by atoms with van der Waals surface area (Å²) in [6.07, 6.45) is 1.74. The van der Waals surface area contributed by atoms with E-state index in [2.05, 4.69) is 33.9 Å². The maximum atomic E-state index is 12.4. The molecule has 0 saturated carbocycles. The highest BCUT2D eigenvalue weighted by atomic mass is 127. The zero-order valence-corrected chi connectivity index (χ0v) is 21.3. The first-order valence-electron chi connectivity index (χ1n) is 10.9. The number of halogens is 1. The summed E-state index contributed by atoms with van der Waals surface area (Å²) < 4.78 is 10.8. The Balaban J connectivity index is 0.00000363. The molecule has 0 spiro atoms. The minimum absolute atomic E-state index is 0. The molecule has 3 rings (SSSR count). The van der Waals surface area contributed by atoms with Gasteiger partial charge in [0.1, 0.15) is 0 Å². The largest absolute Gasteiger partial charge is 0.454 e. The summed E-state index contributed by atoms with van der Waals surface area (Å²) in [5, 5.41) is 9.63. The predicted molar refractivity (Wildman–Crippen MR) is 138 cm³/mol. The van der Waals surface area contributed by atoms with Crippen molar-refractivity contribution < 1.29 is 14.3 Å². The van der Waals surface area contributed by atoms with Crippen molar-refractivity contribution >= 4 is 35.8 Å². The average Bonchev–Trinajstić information content (AvgIpc) is 3.25. The van der Waals surface area contributed by atoms with E-state index in [9.17, 15) is 4.79 Å². The maximum absolute atomic E-state index is 12.4. The quantitative estimate of drug-likeness (QED) is 0.250. The normalized spacial score (nSPS) is 13.2. The Labute approximate surface area is 207 Å². The Bertz CT molecular complexity index is 920. The van der Waals surface area contributed by atoms with E-state index in [0.29, 0.717) is 12.1 Å². The molecule has 8 heteroatoms. The van der Waals surface area contributed by atoms with Crippen LogP contribution in [-0.4, -0.2) is 37.8 Å². The second-order valence-electron chi connectivity index (χ2n) is 7.54. The number of hydrogen-bond donors (Lipinski definition) is 3. The standard InChI is InChI=1S/C24H32N4O3.HI/c1-4-17(3)28-23(29)20-8-6-7-19(13-20)15-27-24(25-5-2)26-12-11-18-9-10-21-22(14-18)31-16-30-21;/h6-10,13-14,17H,4-5,11-12,15-16H2,1-3H3,(H,28,29)(H2,25,26,27);1H. The van der Waals surface area contributed by atoms with Crippen molar-refractivity contribution in [3.8, 4) is 11.5 Å². The molecule has 0 aromatic heterocycles. The van der Waals surface area contributed by atoms with Gasteiger partial charge >= 0.3 is 0 Å². The van der Waals surface area contributed by atoms with Crippen LogP contribution in [0.15, 0.2) is 47.5 Å². The molecule has 1 unspecified atom stereocenters. The summed E-state index contributed by atoms with van der Waals surface area (Å²) in [7, 11) is 0. The van der Waals surface area contributed by atoms with Crippen LogP contribution in [0.25, 0.3) is 0 Å². The minimum atomic E-state index is -0.0473. The molecule has 1 atom stereocenters. The molecule has 2 aromatic rings. The average molecular weight is 552 g/mol. The van der Waals surface area contributed by atoms with Gasteiger partial charge < -0.3 is 25.4 Å². The fourth-order valence-corrected chi connectivity index (χ4v) is 3.15. The smallest absolute Gasteiger partial charge is 0.251 e. The van der Waals surface area contributed by atoms with E-state index in [4.69, 9.17) is 9.47 Å². The first kappa shape index (κ1) is 25.8. The van der Waals surface area contributed by atoms with Crippen molar-refractivity contribution in [3.63, 3.8) is 0 Å². The molecular weight excluding hydrogens is 519 g/mol. The van der Waals surface area contributed by atoms with Gasteiger partial charge in [0.05, 0.1) is 6.54 Å². The molecule has 3 N–H and O–H groups in total. The van der Waals surface area contributed by atoms with Crippen LogP contribution in [0.5, 0.6) is 11.5 Å². The fourth-order valence-electron chi connectivity index (χ4n) is 3.15. The maximum Gasteiger partial charge on any atom is 0.251 e. The number of hydrogen-bond acceptors (Lipinski definition) is 4. The molecule has 1 heterocycles. The number of carbonyl (C=O) groups is 1. The van der Waals surface area contributed by atoms with E-state index in [0.717, 1.165) is 49.0 Å². The lowest BCUT2D eigenvalue weighted by Gasteiger charge is -2.13. The molecular formula is C24H33IN4O3. The van der Waals surface area contributed by atoms with Crippen molar-refractivity contribution in [2.45, 2.75) is 46.2 Å². The SMILES string of the molecule is CCNC(=NCc1cccc(C(=O)NC(C)CC)c1)NCCc1ccc2c(c1)OCO2.I. The summed E-state index contributed by atoms with van der Waals surface area (Å²) in [6.45, 7) is 8.38. The molecule has 2 aromatic carbocycles. The van der Waals surface area contributed by atoms with Crippen molar-refractivity contribution in [2.24, 2.45) is 4.99 Å². The number of ether oxygens (including phenoxy) is 2. The lowest BCUT2D eigenvalue weighted by molar-refractivity contribution is 0.0939. The van der Waals surface area contributed by atoms with E-state index in [1.54, 1.807) is 0 Å². The molecule has 1 aliphatic heterocycles. The third-order valence-electron chi connectivity index (χ3n) is 5.09. The van der Waals surface area contributed by atoms with E-state index < -0.39 is 0 Å². The van der Waals surface area contributed by atoms with Crippen LogP contribution in [0.4, 0.5) is 0 Å². The first-order chi connectivity index (χ1) is 15.1. The van der Waals surface area contributed by atoms with Gasteiger partial charge in [-0.05, 0) is 62.1 Å². The Morgan fingerprint density at radius 1 is 1.06 bits per heavy atom. The van der Waals surface area contributed by atoms with Crippen LogP contribution in [0.3, 0.4) is 0 Å². The molecule has 0 radical (unpaired) electrons. The van der Waals surface area contributed by atoms with Gasteiger partial charge in [-0.3, -0.25) is 4.79 Å². The fraction of sp³-hybridized carbons (Fsp3) is 0.417. The molecule has 1 amide bonds. The molecule has 0 aliphatic carbocycles. The van der Waals surface area contributed by atoms with Gasteiger partial charge in [-0.25, -0.2) is 4.99 Å². The summed E-state index contributed by atoms with van der Waals surface area (Å²) in [6, 6.07) is 13.8. The van der Waals surface area contributed by atoms with Gasteiger partial charge in [0.2, 0.25) is 6.79 Å². The molecule has 1 aliphatic rings. The highest BCUT2D eigenvalue weighted by molar-refractivity contribution is 14.0. The lowest BCUT2D eigenvalue weighted by atomic mass is 10.1. The van der Waals surface area contributed by atoms with Gasteiger partial charge in [-0.1, -0.05) is 25.1 Å². The number of benzene rings is 2. The lowest BCUT2D eigenvalue weighted by Crippen LogP contribution is -2.38. The van der Waals surface area contributed by atoms with Crippen LogP contribution in [0, 0.1) is 0 Å². The van der Waals surface area contributed by atoms with Crippen LogP contribution >= 0.6 is 24.0 Å². The van der Waals surface area contributed by atoms with Gasteiger partial charge in [-0.2, -0.15) is 0 Å². The Morgan fingerprint density at radius 3 is 2.66 bits per heavy atom. The zero-order chi connectivity index (χ0) is 22.1. The summed E-state index contributed by atoms with van der Waals surface area (Å²) in [5.41, 5.74) is 2.83. The van der Waals surface area contributed by atoms with Crippen molar-refractivity contribution in [1.29, 1.82) is 0 Å². The number of aliphatic imine (C=N–C) groups is 1. The third-order valence-corrected chi connectivity index (χ3v) is 5.09. The van der Waals surface area contributed by atoms with Crippen molar-refractivity contribution in [2.75, 3.05) is 19.9 Å². The van der Waals surface area contributed by atoms with E-state index >= 15 is 0 Å². The Morgan fingerprint density at radius 2 is 1.88 bits per heavy atom. The second-order valence-corrected chi connectivity index (χ2v) is 7.54. The highest BCUT2D eigenvalue weighted by Gasteiger charge is 2.13. The van der Waals surface area contributed by atoms with Crippen molar-refractivity contribution in [3.05, 3.63) is 59.2 Å². The van der Waals surface area contributed by atoms with Gasteiger partial charge in [0, 0.05) is 24.7 Å². The number of nitrogens with one attached hydrogen (secondary N) is 3. The molecule has 0 fully saturated rings. The topological polar surface area (TPSA) is 84.0 Å². The Hall–Kier alpha value is -2.49. The van der Waals surface area contributed by atoms with Gasteiger partial charge in [0.15, 0.2) is 17.5 Å². The van der Waals surface area contributed by atoms with Crippen molar-refractivity contribution in [1.82, 2.24) is 16.0 Å². The van der Waals surface area contributed by atoms with E-state index in [-0.39, 0.29) is 42.7 Å². The van der Waals surface area contributed by atoms with Crippen LogP contribution in [0.1, 0.15) is 48.7 Å². The number of nitrogens with zero attached hydrogens (tertiary/aromatic N) is 1. The predicted octanol–water partition coefficient (Wildman–Crippen LogP) is 3.86. The number of carbonyl (C=O) groups excluding carboxylic acids is 1. The summed E-state index contributed by atoms with van der Waals surface area (Å²) in [5.74, 6) is 2.30. The number of fused-ring (bicyclic) bond motifs is 1. The molecule has 32 heavy (non-hydrogen) atoms. The zero-order valence-electron chi connectivity index (χ0n) is 18.9. The number of guanidine groups is 1. The van der Waals surface area contributed by atoms with Crippen LogP contribution < -0.4 is 25.4 Å². The third kappa shape index (κ3) is 7.58. The van der Waals surface area contributed by atoms with Gasteiger partial charge in [-0.15, -0.1) is 24.0 Å². The minimum Gasteiger partial charge on any atom is -0.454 e. The summed E-state index contributed by atoms with van der Waals surface area (Å²) in [4.78, 5) is 17.0. The van der Waals surface area contributed by atoms with Gasteiger partial charge in [0.25, 0.3) is 5.91 Å². The monoisotopic (exact) mass is 552 g/mol. The Kier molecular flexibility index (Phi) is 10.6. The highest BCUT2D eigenvalue weighted by Crippen LogP contribution is 2.32. The van der Waals surface area contributed by atoms with E-state index in [1.165, 1.54) is 5.56 Å². The van der Waals surface area contributed by atoms with Crippen LogP contribution in [-0.2, 0) is 13.0 Å². The second kappa shape index (κ2) is 13.1. The van der Waals surface area contributed by atoms with Crippen LogP contribution in [0.2, 0.25) is 0 Å². The molecule has 174 valence electrons. The molecule has 0 bridgehead atoms. The molecule has 7 nitrogen and oxygen atoms in total. The molecule has 0 saturated heterocycles. The van der Waals surface area contributed by atoms with E-state index in [1.807, 2.05) is 50.2 Å². The summed E-state index contributed by atoms with van der Waals surface area (Å²) >= 11 is 0. The number of rotatable bonds is 9. The first-order valence-corrected chi connectivity index (χ1v) is 10.9. The number of amides is 1.